The molecule has 4 N–H and O–H groups in total. The molecule has 6 nitrogen and oxygen atoms in total. The maximum Gasteiger partial charge on any atom is 0.270 e. The molecule has 1 aliphatic carbocycles. The van der Waals surface area contributed by atoms with Crippen molar-refractivity contribution in [2.24, 2.45) is 0 Å². The number of ether oxygens (including phenoxy) is 1. The van der Waals surface area contributed by atoms with Crippen molar-refractivity contribution in [2.75, 3.05) is 12.4 Å². The highest BCUT2D eigenvalue weighted by atomic mass is 19.1. The van der Waals surface area contributed by atoms with Crippen LogP contribution in [0.3, 0.4) is 0 Å². The first-order chi connectivity index (χ1) is 15.0. The molecule has 0 radical (unpaired) electrons. The molecule has 154 valence electrons. The van der Waals surface area contributed by atoms with E-state index in [4.69, 9.17) is 15.3 Å². The van der Waals surface area contributed by atoms with Crippen molar-refractivity contribution in [2.45, 2.75) is 0 Å². The van der Waals surface area contributed by atoms with Crippen LogP contribution in [0.2, 0.25) is 0 Å². The van der Waals surface area contributed by atoms with E-state index in [0.29, 0.717) is 22.8 Å². The maximum atomic E-state index is 13.2. The fourth-order valence-electron chi connectivity index (χ4n) is 3.09. The Morgan fingerprint density at radius 2 is 1.90 bits per heavy atom. The van der Waals surface area contributed by atoms with Crippen LogP contribution in [0.1, 0.15) is 11.3 Å². The van der Waals surface area contributed by atoms with Crippen molar-refractivity contribution in [3.05, 3.63) is 102 Å². The number of allylic oxidation sites excluding steroid dienone is 5. The van der Waals surface area contributed by atoms with Crippen molar-refractivity contribution in [3.8, 4) is 5.75 Å². The van der Waals surface area contributed by atoms with E-state index >= 15 is 0 Å². The highest BCUT2D eigenvalue weighted by Crippen LogP contribution is 2.27. The fraction of sp³-hybridized carbons (Fsp3) is 0.0417. The number of halogens is 1. The Morgan fingerprint density at radius 1 is 1.10 bits per heavy atom. The quantitative estimate of drug-likeness (QED) is 0.475. The van der Waals surface area contributed by atoms with E-state index in [0.717, 1.165) is 17.0 Å². The molecular formula is C24H20FN4O2+. The van der Waals surface area contributed by atoms with Gasteiger partial charge in [0.1, 0.15) is 11.6 Å². The smallest absolute Gasteiger partial charge is 0.270 e. The lowest BCUT2D eigenvalue weighted by molar-refractivity contribution is 0.415. The Balaban J connectivity index is 1.65. The Kier molecular flexibility index (Phi) is 5.57. The molecule has 4 rings (SSSR count). The molecule has 0 amide bonds. The van der Waals surface area contributed by atoms with Crippen LogP contribution in [0.15, 0.2) is 84.6 Å². The normalized spacial score (nSPS) is 14.8. The third-order valence-electron chi connectivity index (χ3n) is 4.70. The van der Waals surface area contributed by atoms with Gasteiger partial charge in [0.15, 0.2) is 0 Å². The molecule has 7 heteroatoms. The summed E-state index contributed by atoms with van der Waals surface area (Å²) in [5.41, 5.74) is 3.36. The molecule has 31 heavy (non-hydrogen) atoms. The van der Waals surface area contributed by atoms with Gasteiger partial charge in [0.05, 0.1) is 29.7 Å². The molecule has 2 aromatic carbocycles. The molecule has 1 aliphatic rings. The van der Waals surface area contributed by atoms with Crippen LogP contribution < -0.4 is 10.1 Å². The van der Waals surface area contributed by atoms with Gasteiger partial charge in [-0.1, -0.05) is 12.1 Å². The summed E-state index contributed by atoms with van der Waals surface area (Å²) in [6.07, 6.45) is 6.79. The maximum absolute atomic E-state index is 13.2. The predicted octanol–water partition coefficient (Wildman–Crippen LogP) is 4.48. The number of aromatic nitrogens is 2. The summed E-state index contributed by atoms with van der Waals surface area (Å²) in [5, 5.41) is 19.8. The van der Waals surface area contributed by atoms with Crippen LogP contribution in [-0.4, -0.2) is 27.9 Å². The van der Waals surface area contributed by atoms with Crippen LogP contribution >= 0.6 is 0 Å². The van der Waals surface area contributed by atoms with Crippen LogP contribution in [0.25, 0.3) is 11.3 Å². The van der Waals surface area contributed by atoms with Gasteiger partial charge in [0.2, 0.25) is 5.95 Å². The van der Waals surface area contributed by atoms with Gasteiger partial charge in [-0.3, -0.25) is 5.41 Å². The summed E-state index contributed by atoms with van der Waals surface area (Å²) >= 11 is 0. The van der Waals surface area contributed by atoms with Gasteiger partial charge < -0.3 is 15.2 Å². The first-order valence-corrected chi connectivity index (χ1v) is 9.48. The van der Waals surface area contributed by atoms with E-state index < -0.39 is 0 Å². The highest BCUT2D eigenvalue weighted by molar-refractivity contribution is 6.16. The van der Waals surface area contributed by atoms with E-state index in [1.54, 1.807) is 37.6 Å². The van der Waals surface area contributed by atoms with Gasteiger partial charge >= 0.3 is 0 Å². The van der Waals surface area contributed by atoms with Crippen molar-refractivity contribution >= 4 is 28.7 Å². The Hall–Kier alpha value is -4.26. The standard InChI is InChI=1S/C24H19FN4O2/c1-31-19-4-2-3-18(14-19)28-24-27-12-11-22(29-24)16-7-10-21(26)20(13-16)23(30)15-5-8-17(25)9-6-15/h2-14,26,30H,1H3,(H,27,28,29)/p+1/b23-20-,26-21?. The average molecular weight is 415 g/mol. The monoisotopic (exact) mass is 415 g/mol. The van der Waals surface area contributed by atoms with Gasteiger partial charge in [0.25, 0.3) is 5.76 Å². The molecular weight excluding hydrogens is 395 g/mol. The lowest BCUT2D eigenvalue weighted by Crippen LogP contribution is -2.06. The second kappa shape index (κ2) is 8.62. The zero-order valence-corrected chi connectivity index (χ0v) is 16.7. The number of nitrogens with one attached hydrogen (secondary N) is 2. The lowest BCUT2D eigenvalue weighted by atomic mass is 9.95. The molecule has 1 heterocycles. The number of nitrogens with zero attached hydrogens (tertiary/aromatic N) is 2. The van der Waals surface area contributed by atoms with E-state index in [1.807, 2.05) is 24.3 Å². The Labute approximate surface area is 178 Å². The second-order valence-corrected chi connectivity index (χ2v) is 6.76. The van der Waals surface area contributed by atoms with Crippen molar-refractivity contribution < 1.29 is 14.2 Å². The predicted molar refractivity (Wildman–Crippen MR) is 120 cm³/mol. The summed E-state index contributed by atoms with van der Waals surface area (Å²) in [5.74, 6) is 0.913. The van der Waals surface area contributed by atoms with Crippen molar-refractivity contribution in [3.63, 3.8) is 0 Å². The molecule has 0 unspecified atom stereocenters. The molecule has 0 saturated heterocycles. The molecule has 0 bridgehead atoms. The molecule has 0 aliphatic heterocycles. The zero-order chi connectivity index (χ0) is 21.8. The highest BCUT2D eigenvalue weighted by Gasteiger charge is 2.19. The molecule has 3 aromatic rings. The molecule has 0 fully saturated rings. The van der Waals surface area contributed by atoms with E-state index in [2.05, 4.69) is 15.3 Å². The summed E-state index contributed by atoms with van der Waals surface area (Å²) < 4.78 is 18.5. The van der Waals surface area contributed by atoms with Crippen molar-refractivity contribution in [1.82, 2.24) is 9.97 Å². The summed E-state index contributed by atoms with van der Waals surface area (Å²) in [4.78, 5) is 8.83. The van der Waals surface area contributed by atoms with E-state index in [-0.39, 0.29) is 17.3 Å². The minimum Gasteiger partial charge on any atom is -0.592 e. The zero-order valence-electron chi connectivity index (χ0n) is 16.7. The number of hydrogen-bond donors (Lipinski definition) is 2. The number of methoxy groups -OCH3 is 1. The number of hydrogen-bond acceptors (Lipinski definition) is 5. The topological polar surface area (TPSA) is 93.8 Å². The molecule has 0 spiro atoms. The van der Waals surface area contributed by atoms with Gasteiger partial charge in [-0.15, -0.1) is 0 Å². The first kappa shape index (κ1) is 20.0. The third kappa shape index (κ3) is 4.51. The van der Waals surface area contributed by atoms with Gasteiger partial charge in [-0.25, -0.2) is 14.4 Å². The number of rotatable bonds is 5. The molecule has 0 atom stereocenters. The lowest BCUT2D eigenvalue weighted by Gasteiger charge is -2.12. The molecule has 0 saturated carbocycles. The van der Waals surface area contributed by atoms with E-state index in [1.165, 1.54) is 24.3 Å². The number of benzene rings is 2. The van der Waals surface area contributed by atoms with Crippen LogP contribution in [-0.2, 0) is 0 Å². The third-order valence-corrected chi connectivity index (χ3v) is 4.70. The SMILES string of the molecule is COc1cccc(Nc2nccc(C3=C/C(=C(/[OH2+])c4ccc(F)cc4)C(=N)C=C3)n2)c1. The summed E-state index contributed by atoms with van der Waals surface area (Å²) in [6.45, 7) is 0. The first-order valence-electron chi connectivity index (χ1n) is 9.48. The fourth-order valence-corrected chi connectivity index (χ4v) is 3.09. The van der Waals surface area contributed by atoms with Crippen LogP contribution in [0.4, 0.5) is 16.0 Å². The van der Waals surface area contributed by atoms with Gasteiger partial charge in [-0.2, -0.15) is 0 Å². The Morgan fingerprint density at radius 3 is 2.68 bits per heavy atom. The van der Waals surface area contributed by atoms with E-state index in [9.17, 15) is 4.39 Å². The average Bonchev–Trinajstić information content (AvgIpc) is 2.80. The van der Waals surface area contributed by atoms with Crippen LogP contribution in [0.5, 0.6) is 5.75 Å². The molecule has 1 aromatic heterocycles. The minimum absolute atomic E-state index is 0.149. The van der Waals surface area contributed by atoms with Gasteiger partial charge in [0, 0.05) is 23.5 Å². The second-order valence-electron chi connectivity index (χ2n) is 6.76. The Bertz CT molecular complexity index is 1230. The largest absolute Gasteiger partial charge is 0.592 e. The minimum atomic E-state index is -0.367. The summed E-state index contributed by atoms with van der Waals surface area (Å²) in [7, 11) is 1.60. The van der Waals surface area contributed by atoms with Crippen LogP contribution in [0, 0.1) is 11.2 Å². The van der Waals surface area contributed by atoms with Crippen molar-refractivity contribution in [1.29, 1.82) is 5.41 Å². The summed E-state index contributed by atoms with van der Waals surface area (Å²) in [6, 6.07) is 14.9. The number of anilines is 2. The van der Waals surface area contributed by atoms with Gasteiger partial charge in [-0.05, 0) is 54.6 Å².